The number of para-hydroxylation sites is 1. The highest BCUT2D eigenvalue weighted by Gasteiger charge is 2.10. The minimum atomic E-state index is -1.11. The van der Waals surface area contributed by atoms with Gasteiger partial charge in [-0.15, -0.1) is 0 Å². The smallest absolute Gasteiger partial charge is 0.134 e. The van der Waals surface area contributed by atoms with Gasteiger partial charge in [-0.05, 0) is 23.3 Å². The lowest BCUT2D eigenvalue weighted by molar-refractivity contribution is 0.404. The van der Waals surface area contributed by atoms with Crippen LogP contribution < -0.4 is 10.5 Å². The van der Waals surface area contributed by atoms with Crippen LogP contribution in [0.1, 0.15) is 11.1 Å². The summed E-state index contributed by atoms with van der Waals surface area (Å²) in [7, 11) is 0.479. The maximum absolute atomic E-state index is 12.4. The number of hydrogen-bond donors (Lipinski definition) is 1. The first-order valence-electron chi connectivity index (χ1n) is 6.04. The van der Waals surface area contributed by atoms with Gasteiger partial charge >= 0.3 is 0 Å². The van der Waals surface area contributed by atoms with E-state index in [2.05, 4.69) is 0 Å². The molecule has 0 saturated heterocycles. The minimum absolute atomic E-state index is 0.477. The van der Waals surface area contributed by atoms with Gasteiger partial charge in [0.25, 0.3) is 0 Å². The molecule has 3 nitrogen and oxygen atoms in total. The van der Waals surface area contributed by atoms with E-state index >= 15 is 0 Å². The molecule has 1 atom stereocenters. The normalized spacial score (nSPS) is 12.1. The van der Waals surface area contributed by atoms with Crippen LogP contribution in [-0.2, 0) is 23.1 Å². The van der Waals surface area contributed by atoms with E-state index in [-0.39, 0.29) is 0 Å². The second kappa shape index (κ2) is 6.50. The molecule has 0 aliphatic heterocycles. The van der Waals surface area contributed by atoms with Crippen molar-refractivity contribution in [3.05, 3.63) is 59.7 Å². The summed E-state index contributed by atoms with van der Waals surface area (Å²) in [6, 6.07) is 15.3. The summed E-state index contributed by atoms with van der Waals surface area (Å²) in [4.78, 5) is 0.730. The van der Waals surface area contributed by atoms with Crippen LogP contribution in [0.5, 0.6) is 5.75 Å². The van der Waals surface area contributed by atoms with Crippen LogP contribution in [0.2, 0.25) is 0 Å². The second-order valence-electron chi connectivity index (χ2n) is 4.16. The summed E-state index contributed by atoms with van der Waals surface area (Å²) < 4.78 is 17.6. The van der Waals surface area contributed by atoms with Gasteiger partial charge < -0.3 is 10.5 Å². The third kappa shape index (κ3) is 3.43. The van der Waals surface area contributed by atoms with E-state index in [1.807, 2.05) is 48.5 Å². The molecule has 4 heteroatoms. The number of ether oxygens (including phenoxy) is 1. The zero-order valence-electron chi connectivity index (χ0n) is 10.8. The molecule has 2 aromatic carbocycles. The zero-order valence-corrected chi connectivity index (χ0v) is 11.7. The largest absolute Gasteiger partial charge is 0.495 e. The lowest BCUT2D eigenvalue weighted by Crippen LogP contribution is -2.00. The summed E-state index contributed by atoms with van der Waals surface area (Å²) in [5, 5.41) is 0. The Morgan fingerprint density at radius 2 is 1.68 bits per heavy atom. The number of rotatable bonds is 5. The van der Waals surface area contributed by atoms with Gasteiger partial charge in [-0.3, -0.25) is 4.21 Å². The predicted molar refractivity (Wildman–Crippen MR) is 77.4 cm³/mol. The van der Waals surface area contributed by atoms with E-state index in [1.165, 1.54) is 0 Å². The van der Waals surface area contributed by atoms with Gasteiger partial charge in [-0.25, -0.2) is 0 Å². The summed E-state index contributed by atoms with van der Waals surface area (Å²) in [5.41, 5.74) is 7.66. The quantitative estimate of drug-likeness (QED) is 0.912. The molecule has 0 fully saturated rings. The second-order valence-corrected chi connectivity index (χ2v) is 5.58. The molecule has 0 amide bonds. The lowest BCUT2D eigenvalue weighted by Gasteiger charge is -2.08. The Bertz CT molecular complexity index is 567. The Morgan fingerprint density at radius 1 is 1.05 bits per heavy atom. The maximum Gasteiger partial charge on any atom is 0.134 e. The SMILES string of the molecule is COc1ccccc1S(=O)Cc1ccc(CN)cc1. The fourth-order valence-corrected chi connectivity index (χ4v) is 3.06. The first-order valence-corrected chi connectivity index (χ1v) is 7.35. The molecule has 1 unspecified atom stereocenters. The Balaban J connectivity index is 2.16. The Morgan fingerprint density at radius 3 is 2.32 bits per heavy atom. The number of hydrogen-bond acceptors (Lipinski definition) is 3. The molecular formula is C15H17NO2S. The molecule has 0 aliphatic rings. The summed E-state index contributed by atoms with van der Waals surface area (Å²) >= 11 is 0. The Kier molecular flexibility index (Phi) is 4.71. The summed E-state index contributed by atoms with van der Waals surface area (Å²) in [5.74, 6) is 1.14. The van der Waals surface area contributed by atoms with Crippen LogP contribution in [0, 0.1) is 0 Å². The minimum Gasteiger partial charge on any atom is -0.495 e. The molecule has 2 aromatic rings. The van der Waals surface area contributed by atoms with Crippen molar-refractivity contribution in [3.8, 4) is 5.75 Å². The van der Waals surface area contributed by atoms with Gasteiger partial charge in [-0.2, -0.15) is 0 Å². The molecule has 0 bridgehead atoms. The first-order chi connectivity index (χ1) is 9.24. The molecule has 2 N–H and O–H groups in total. The summed E-state index contributed by atoms with van der Waals surface area (Å²) in [6.07, 6.45) is 0. The van der Waals surface area contributed by atoms with Crippen molar-refractivity contribution in [1.82, 2.24) is 0 Å². The van der Waals surface area contributed by atoms with Gasteiger partial charge in [0.15, 0.2) is 0 Å². The molecule has 0 spiro atoms. The number of benzene rings is 2. The molecule has 100 valence electrons. The van der Waals surface area contributed by atoms with Crippen molar-refractivity contribution in [2.45, 2.75) is 17.2 Å². The van der Waals surface area contributed by atoms with Crippen LogP contribution in [0.3, 0.4) is 0 Å². The fraction of sp³-hybridized carbons (Fsp3) is 0.200. The van der Waals surface area contributed by atoms with Crippen molar-refractivity contribution >= 4 is 10.8 Å². The highest BCUT2D eigenvalue weighted by Crippen LogP contribution is 2.23. The van der Waals surface area contributed by atoms with E-state index < -0.39 is 10.8 Å². The van der Waals surface area contributed by atoms with Crippen molar-refractivity contribution in [1.29, 1.82) is 0 Å². The van der Waals surface area contributed by atoms with Crippen LogP contribution >= 0.6 is 0 Å². The van der Waals surface area contributed by atoms with E-state index in [0.717, 1.165) is 16.0 Å². The molecule has 2 rings (SSSR count). The lowest BCUT2D eigenvalue weighted by atomic mass is 10.1. The van der Waals surface area contributed by atoms with E-state index in [4.69, 9.17) is 10.5 Å². The average Bonchev–Trinajstić information content (AvgIpc) is 2.48. The molecule has 0 aromatic heterocycles. The van der Waals surface area contributed by atoms with Crippen molar-refractivity contribution in [2.75, 3.05) is 7.11 Å². The number of nitrogens with two attached hydrogens (primary N) is 1. The molecule has 0 aliphatic carbocycles. The van der Waals surface area contributed by atoms with Gasteiger partial charge in [0.05, 0.1) is 28.6 Å². The third-order valence-electron chi connectivity index (χ3n) is 2.87. The predicted octanol–water partition coefficient (Wildman–Crippen LogP) is 2.46. The molecule has 0 heterocycles. The van der Waals surface area contributed by atoms with Crippen LogP contribution in [0.15, 0.2) is 53.4 Å². The molecule has 19 heavy (non-hydrogen) atoms. The van der Waals surface area contributed by atoms with Crippen LogP contribution in [0.25, 0.3) is 0 Å². The van der Waals surface area contributed by atoms with E-state index in [0.29, 0.717) is 18.0 Å². The van der Waals surface area contributed by atoms with Gasteiger partial charge in [0.1, 0.15) is 5.75 Å². The van der Waals surface area contributed by atoms with Crippen LogP contribution in [0.4, 0.5) is 0 Å². The Labute approximate surface area is 115 Å². The molecular weight excluding hydrogens is 258 g/mol. The summed E-state index contributed by atoms with van der Waals surface area (Å²) in [6.45, 7) is 0.524. The van der Waals surface area contributed by atoms with Crippen molar-refractivity contribution < 1.29 is 8.95 Å². The monoisotopic (exact) mass is 275 g/mol. The van der Waals surface area contributed by atoms with Gasteiger partial charge in [0, 0.05) is 6.54 Å². The number of methoxy groups -OCH3 is 1. The molecule has 0 saturated carbocycles. The highest BCUT2D eigenvalue weighted by molar-refractivity contribution is 7.84. The van der Waals surface area contributed by atoms with Crippen molar-refractivity contribution in [2.24, 2.45) is 5.73 Å². The third-order valence-corrected chi connectivity index (χ3v) is 4.29. The maximum atomic E-state index is 12.4. The Hall–Kier alpha value is -1.65. The first kappa shape index (κ1) is 13.8. The topological polar surface area (TPSA) is 52.3 Å². The van der Waals surface area contributed by atoms with Crippen LogP contribution in [-0.4, -0.2) is 11.3 Å². The van der Waals surface area contributed by atoms with E-state index in [9.17, 15) is 4.21 Å². The highest BCUT2D eigenvalue weighted by atomic mass is 32.2. The fourth-order valence-electron chi connectivity index (χ4n) is 1.81. The standard InChI is InChI=1S/C15H17NO2S/c1-18-14-4-2-3-5-15(14)19(17)11-13-8-6-12(10-16)7-9-13/h2-9H,10-11,16H2,1H3. The van der Waals surface area contributed by atoms with E-state index in [1.54, 1.807) is 7.11 Å². The molecule has 0 radical (unpaired) electrons. The average molecular weight is 275 g/mol. The van der Waals surface area contributed by atoms with Crippen molar-refractivity contribution in [3.63, 3.8) is 0 Å². The zero-order chi connectivity index (χ0) is 13.7. The van der Waals surface area contributed by atoms with Gasteiger partial charge in [-0.1, -0.05) is 36.4 Å². The van der Waals surface area contributed by atoms with Gasteiger partial charge in [0.2, 0.25) is 0 Å².